The third kappa shape index (κ3) is 4.43. The van der Waals surface area contributed by atoms with Gasteiger partial charge in [0.25, 0.3) is 0 Å². The molecule has 0 aromatic heterocycles. The van der Waals surface area contributed by atoms with Crippen LogP contribution < -0.4 is 5.32 Å². The van der Waals surface area contributed by atoms with Crippen LogP contribution in [-0.2, 0) is 0 Å². The van der Waals surface area contributed by atoms with E-state index in [0.29, 0.717) is 0 Å². The van der Waals surface area contributed by atoms with E-state index in [2.05, 4.69) is 24.1 Å². The Morgan fingerprint density at radius 2 is 2.07 bits per heavy atom. The molecule has 14 heavy (non-hydrogen) atoms. The highest BCUT2D eigenvalue weighted by molar-refractivity contribution is 4.73. The van der Waals surface area contributed by atoms with Crippen molar-refractivity contribution in [1.82, 2.24) is 10.2 Å². The maximum absolute atomic E-state index is 3.38. The van der Waals surface area contributed by atoms with Crippen molar-refractivity contribution >= 4 is 0 Å². The van der Waals surface area contributed by atoms with Gasteiger partial charge < -0.3 is 10.2 Å². The van der Waals surface area contributed by atoms with Gasteiger partial charge in [0.15, 0.2) is 0 Å². The Kier molecular flexibility index (Phi) is 6.20. The molecule has 0 atom stereocenters. The summed E-state index contributed by atoms with van der Waals surface area (Å²) in [6.07, 6.45) is 5.72. The fourth-order valence-corrected chi connectivity index (χ4v) is 2.02. The molecule has 0 bridgehead atoms. The van der Waals surface area contributed by atoms with Crippen LogP contribution in [0.5, 0.6) is 0 Å². The average molecular weight is 198 g/mol. The lowest BCUT2D eigenvalue weighted by Gasteiger charge is -2.31. The summed E-state index contributed by atoms with van der Waals surface area (Å²) in [6, 6.07) is 0. The SMILES string of the molecule is CCNCCCN(CC)CC1CCC1. The van der Waals surface area contributed by atoms with Gasteiger partial charge in [-0.05, 0) is 51.4 Å². The van der Waals surface area contributed by atoms with E-state index in [1.54, 1.807) is 0 Å². The molecule has 0 aliphatic heterocycles. The first-order chi connectivity index (χ1) is 6.86. The lowest BCUT2D eigenvalue weighted by Crippen LogP contribution is -2.34. The van der Waals surface area contributed by atoms with Gasteiger partial charge in [-0.15, -0.1) is 0 Å². The van der Waals surface area contributed by atoms with Crippen LogP contribution in [0.2, 0.25) is 0 Å². The monoisotopic (exact) mass is 198 g/mol. The van der Waals surface area contributed by atoms with E-state index < -0.39 is 0 Å². The van der Waals surface area contributed by atoms with Crippen LogP contribution in [0.4, 0.5) is 0 Å². The molecule has 1 saturated carbocycles. The summed E-state index contributed by atoms with van der Waals surface area (Å²) in [5, 5.41) is 3.38. The Bertz CT molecular complexity index is 132. The van der Waals surface area contributed by atoms with E-state index in [9.17, 15) is 0 Å². The molecule has 0 spiro atoms. The van der Waals surface area contributed by atoms with E-state index in [-0.39, 0.29) is 0 Å². The second kappa shape index (κ2) is 7.24. The molecule has 1 rings (SSSR count). The van der Waals surface area contributed by atoms with Crippen LogP contribution in [0.25, 0.3) is 0 Å². The standard InChI is InChI=1S/C12H26N2/c1-3-13-9-6-10-14(4-2)11-12-7-5-8-12/h12-13H,3-11H2,1-2H3. The Morgan fingerprint density at radius 3 is 2.57 bits per heavy atom. The molecule has 0 aromatic rings. The molecule has 84 valence electrons. The molecule has 1 N–H and O–H groups in total. The molecule has 1 aliphatic carbocycles. The normalized spacial score (nSPS) is 17.4. The summed E-state index contributed by atoms with van der Waals surface area (Å²) in [5.74, 6) is 1.02. The lowest BCUT2D eigenvalue weighted by atomic mass is 9.85. The number of hydrogen-bond donors (Lipinski definition) is 1. The third-order valence-electron chi connectivity index (χ3n) is 3.27. The highest BCUT2D eigenvalue weighted by Crippen LogP contribution is 2.26. The van der Waals surface area contributed by atoms with Gasteiger partial charge in [0, 0.05) is 6.54 Å². The largest absolute Gasteiger partial charge is 0.317 e. The van der Waals surface area contributed by atoms with Gasteiger partial charge in [-0.2, -0.15) is 0 Å². The van der Waals surface area contributed by atoms with Crippen LogP contribution in [0.3, 0.4) is 0 Å². The molecule has 1 aliphatic rings. The quantitative estimate of drug-likeness (QED) is 0.601. The van der Waals surface area contributed by atoms with Gasteiger partial charge in [0.05, 0.1) is 0 Å². The molecule has 1 fully saturated rings. The average Bonchev–Trinajstić information content (AvgIpc) is 2.14. The molecule has 2 heteroatoms. The number of nitrogens with zero attached hydrogens (tertiary/aromatic N) is 1. The van der Waals surface area contributed by atoms with Crippen LogP contribution in [0.1, 0.15) is 39.5 Å². The summed E-state index contributed by atoms with van der Waals surface area (Å²) < 4.78 is 0. The van der Waals surface area contributed by atoms with Crippen molar-refractivity contribution in [2.75, 3.05) is 32.7 Å². The zero-order valence-electron chi connectivity index (χ0n) is 9.89. The first kappa shape index (κ1) is 12.0. The van der Waals surface area contributed by atoms with Crippen molar-refractivity contribution in [3.05, 3.63) is 0 Å². The minimum Gasteiger partial charge on any atom is -0.317 e. The van der Waals surface area contributed by atoms with Crippen molar-refractivity contribution in [1.29, 1.82) is 0 Å². The van der Waals surface area contributed by atoms with Gasteiger partial charge in [-0.1, -0.05) is 20.3 Å². The number of nitrogens with one attached hydrogen (secondary N) is 1. The summed E-state index contributed by atoms with van der Waals surface area (Å²) >= 11 is 0. The van der Waals surface area contributed by atoms with Crippen molar-refractivity contribution in [3.8, 4) is 0 Å². The summed E-state index contributed by atoms with van der Waals surface area (Å²) in [4.78, 5) is 2.61. The first-order valence-electron chi connectivity index (χ1n) is 6.29. The Hall–Kier alpha value is -0.0800. The number of rotatable bonds is 8. The maximum atomic E-state index is 3.38. The zero-order valence-corrected chi connectivity index (χ0v) is 9.89. The molecule has 0 saturated heterocycles. The molecule has 0 heterocycles. The smallest absolute Gasteiger partial charge is 0.000955 e. The minimum atomic E-state index is 1.02. The van der Waals surface area contributed by atoms with E-state index in [4.69, 9.17) is 0 Å². The highest BCUT2D eigenvalue weighted by Gasteiger charge is 2.19. The van der Waals surface area contributed by atoms with E-state index in [1.807, 2.05) is 0 Å². The fraction of sp³-hybridized carbons (Fsp3) is 1.00. The van der Waals surface area contributed by atoms with Crippen molar-refractivity contribution < 1.29 is 0 Å². The van der Waals surface area contributed by atoms with E-state index >= 15 is 0 Å². The lowest BCUT2D eigenvalue weighted by molar-refractivity contribution is 0.182. The second-order valence-electron chi connectivity index (χ2n) is 4.40. The third-order valence-corrected chi connectivity index (χ3v) is 3.27. The molecule has 0 unspecified atom stereocenters. The van der Waals surface area contributed by atoms with Gasteiger partial charge in [0.1, 0.15) is 0 Å². The minimum absolute atomic E-state index is 1.02. The first-order valence-corrected chi connectivity index (χ1v) is 6.29. The number of hydrogen-bond acceptors (Lipinski definition) is 2. The van der Waals surface area contributed by atoms with Gasteiger partial charge in [-0.25, -0.2) is 0 Å². The topological polar surface area (TPSA) is 15.3 Å². The summed E-state index contributed by atoms with van der Waals surface area (Å²) in [5.41, 5.74) is 0. The summed E-state index contributed by atoms with van der Waals surface area (Å²) in [6.45, 7) is 10.6. The van der Waals surface area contributed by atoms with Crippen LogP contribution >= 0.6 is 0 Å². The molecule has 0 radical (unpaired) electrons. The van der Waals surface area contributed by atoms with Crippen molar-refractivity contribution in [2.24, 2.45) is 5.92 Å². The maximum Gasteiger partial charge on any atom is 0.000955 e. The zero-order chi connectivity index (χ0) is 10.2. The van der Waals surface area contributed by atoms with Gasteiger partial charge in [-0.3, -0.25) is 0 Å². The van der Waals surface area contributed by atoms with Crippen LogP contribution in [-0.4, -0.2) is 37.6 Å². The molecule has 0 amide bonds. The molecular weight excluding hydrogens is 172 g/mol. The molecular formula is C12H26N2. The van der Waals surface area contributed by atoms with Crippen molar-refractivity contribution in [3.63, 3.8) is 0 Å². The molecule has 0 aromatic carbocycles. The van der Waals surface area contributed by atoms with Crippen LogP contribution in [0, 0.1) is 5.92 Å². The predicted octanol–water partition coefficient (Wildman–Crippen LogP) is 2.11. The second-order valence-corrected chi connectivity index (χ2v) is 4.40. The van der Waals surface area contributed by atoms with Crippen LogP contribution in [0.15, 0.2) is 0 Å². The van der Waals surface area contributed by atoms with E-state index in [0.717, 1.165) is 12.5 Å². The van der Waals surface area contributed by atoms with Crippen molar-refractivity contribution in [2.45, 2.75) is 39.5 Å². The fourth-order valence-electron chi connectivity index (χ4n) is 2.02. The Balaban J connectivity index is 1.99. The molecule has 2 nitrogen and oxygen atoms in total. The van der Waals surface area contributed by atoms with Gasteiger partial charge >= 0.3 is 0 Å². The van der Waals surface area contributed by atoms with E-state index in [1.165, 1.54) is 51.9 Å². The Morgan fingerprint density at radius 1 is 1.29 bits per heavy atom. The predicted molar refractivity (Wildman–Crippen MR) is 62.6 cm³/mol. The highest BCUT2D eigenvalue weighted by atomic mass is 15.1. The summed E-state index contributed by atoms with van der Waals surface area (Å²) in [7, 11) is 0. The Labute approximate surface area is 89.1 Å². The van der Waals surface area contributed by atoms with Gasteiger partial charge in [0.2, 0.25) is 0 Å².